The van der Waals surface area contributed by atoms with Crippen LogP contribution in [0.25, 0.3) is 16.7 Å². The molecule has 0 aliphatic heterocycles. The molecular formula is C25H22BrN3O6S. The zero-order valence-electron chi connectivity index (χ0n) is 19.7. The van der Waals surface area contributed by atoms with Crippen LogP contribution in [0, 0.1) is 13.8 Å². The summed E-state index contributed by atoms with van der Waals surface area (Å²) >= 11 is 3.37. The van der Waals surface area contributed by atoms with Crippen LogP contribution in [0.15, 0.2) is 72.3 Å². The molecule has 36 heavy (non-hydrogen) atoms. The molecular weight excluding hydrogens is 550 g/mol. The van der Waals surface area contributed by atoms with Gasteiger partial charge in [-0.15, -0.1) is 0 Å². The average molecular weight is 572 g/mol. The van der Waals surface area contributed by atoms with Gasteiger partial charge in [0.1, 0.15) is 15.9 Å². The van der Waals surface area contributed by atoms with Crippen molar-refractivity contribution in [3.8, 4) is 11.4 Å². The van der Waals surface area contributed by atoms with Gasteiger partial charge in [0.15, 0.2) is 5.75 Å². The molecule has 1 aliphatic rings. The lowest BCUT2D eigenvalue weighted by atomic mass is 10.2. The highest BCUT2D eigenvalue weighted by molar-refractivity contribution is 9.10. The lowest BCUT2D eigenvalue weighted by molar-refractivity contribution is 0.484. The molecule has 0 bridgehead atoms. The summed E-state index contributed by atoms with van der Waals surface area (Å²) in [6.45, 7) is 3.22. The molecule has 5 rings (SSSR count). The van der Waals surface area contributed by atoms with E-state index in [0.29, 0.717) is 18.5 Å². The lowest BCUT2D eigenvalue weighted by Gasteiger charge is -2.19. The van der Waals surface area contributed by atoms with Gasteiger partial charge in [0.2, 0.25) is 0 Å². The first kappa shape index (κ1) is 24.3. The van der Waals surface area contributed by atoms with Crippen molar-refractivity contribution in [1.29, 1.82) is 0 Å². The number of halogens is 1. The minimum atomic E-state index is -4.39. The summed E-state index contributed by atoms with van der Waals surface area (Å²) in [5.74, 6) is -0.376. The van der Waals surface area contributed by atoms with E-state index in [4.69, 9.17) is 4.18 Å². The Balaban J connectivity index is 1.90. The molecule has 186 valence electrons. The van der Waals surface area contributed by atoms with E-state index in [1.54, 1.807) is 36.4 Å². The maximum Gasteiger partial charge on any atom is 0.339 e. The van der Waals surface area contributed by atoms with E-state index in [1.807, 2.05) is 6.92 Å². The van der Waals surface area contributed by atoms with Gasteiger partial charge < -0.3 is 4.18 Å². The number of fused-ring (bicyclic) bond motifs is 1. The largest absolute Gasteiger partial charge is 0.377 e. The third-order valence-corrected chi connectivity index (χ3v) is 8.04. The van der Waals surface area contributed by atoms with Gasteiger partial charge in [0.05, 0.1) is 11.3 Å². The number of aryl methyl sites for hydroxylation is 2. The molecule has 2 heterocycles. The molecule has 0 saturated heterocycles. The first-order valence-corrected chi connectivity index (χ1v) is 13.4. The predicted octanol–water partition coefficient (Wildman–Crippen LogP) is 3.33. The Morgan fingerprint density at radius 1 is 0.917 bits per heavy atom. The Kier molecular flexibility index (Phi) is 5.79. The molecule has 1 fully saturated rings. The summed E-state index contributed by atoms with van der Waals surface area (Å²) in [5, 5.41) is -0.153. The van der Waals surface area contributed by atoms with E-state index >= 15 is 0 Å². The molecule has 4 aromatic rings. The molecule has 1 aliphatic carbocycles. The number of hydrogen-bond acceptors (Lipinski definition) is 6. The standard InChI is InChI=1S/C25H22BrN3O6S/c1-14-4-12-19(13-5-14)36(33,34)35-21-15(2)23(30)27(3)22-20(21)24(31)29(18-10-11-18)25(32)28(22)17-8-6-16(26)7-9-17/h4-9,12-13,18H,10-11H2,1-3H3. The van der Waals surface area contributed by atoms with Crippen molar-refractivity contribution in [3.63, 3.8) is 0 Å². The van der Waals surface area contributed by atoms with Gasteiger partial charge in [-0.3, -0.25) is 18.7 Å². The van der Waals surface area contributed by atoms with Crippen LogP contribution in [0.4, 0.5) is 0 Å². The Hall–Kier alpha value is -3.44. The summed E-state index contributed by atoms with van der Waals surface area (Å²) in [7, 11) is -2.95. The smallest absolute Gasteiger partial charge is 0.339 e. The van der Waals surface area contributed by atoms with Crippen molar-refractivity contribution in [2.45, 2.75) is 37.6 Å². The Morgan fingerprint density at radius 2 is 1.53 bits per heavy atom. The second kappa shape index (κ2) is 8.59. The van der Waals surface area contributed by atoms with Crippen molar-refractivity contribution in [2.75, 3.05) is 0 Å². The molecule has 9 nitrogen and oxygen atoms in total. The van der Waals surface area contributed by atoms with Crippen LogP contribution in [-0.2, 0) is 17.2 Å². The van der Waals surface area contributed by atoms with E-state index in [1.165, 1.54) is 35.2 Å². The second-order valence-electron chi connectivity index (χ2n) is 8.87. The molecule has 1 saturated carbocycles. The first-order valence-electron chi connectivity index (χ1n) is 11.2. The fourth-order valence-electron chi connectivity index (χ4n) is 4.21. The molecule has 0 radical (unpaired) electrons. The molecule has 2 aromatic carbocycles. The van der Waals surface area contributed by atoms with Crippen LogP contribution < -0.4 is 21.0 Å². The van der Waals surface area contributed by atoms with Gasteiger partial charge in [-0.05, 0) is 63.1 Å². The average Bonchev–Trinajstić information content (AvgIpc) is 3.67. The number of benzene rings is 2. The van der Waals surface area contributed by atoms with Crippen molar-refractivity contribution in [2.24, 2.45) is 7.05 Å². The number of nitrogens with zero attached hydrogens (tertiary/aromatic N) is 3. The van der Waals surface area contributed by atoms with Crippen LogP contribution in [0.3, 0.4) is 0 Å². The third-order valence-electron chi connectivity index (χ3n) is 6.28. The summed E-state index contributed by atoms with van der Waals surface area (Å²) in [6, 6.07) is 12.5. The molecule has 0 unspecified atom stereocenters. The minimum Gasteiger partial charge on any atom is -0.377 e. The molecule has 0 N–H and O–H groups in total. The van der Waals surface area contributed by atoms with Crippen LogP contribution in [0.1, 0.15) is 30.0 Å². The van der Waals surface area contributed by atoms with Crippen molar-refractivity contribution < 1.29 is 12.6 Å². The van der Waals surface area contributed by atoms with Crippen LogP contribution in [0.5, 0.6) is 5.75 Å². The zero-order valence-corrected chi connectivity index (χ0v) is 22.1. The normalized spacial score (nSPS) is 13.8. The number of aromatic nitrogens is 3. The Labute approximate surface area is 214 Å². The van der Waals surface area contributed by atoms with Gasteiger partial charge in [-0.25, -0.2) is 9.36 Å². The quantitative estimate of drug-likeness (QED) is 0.340. The maximum atomic E-state index is 13.7. The summed E-state index contributed by atoms with van der Waals surface area (Å²) in [5.41, 5.74) is -0.730. The summed E-state index contributed by atoms with van der Waals surface area (Å²) in [4.78, 5) is 40.4. The number of pyridine rings is 1. The molecule has 0 atom stereocenters. The van der Waals surface area contributed by atoms with Gasteiger partial charge in [0.25, 0.3) is 11.1 Å². The van der Waals surface area contributed by atoms with Gasteiger partial charge >= 0.3 is 15.8 Å². The van der Waals surface area contributed by atoms with Gasteiger partial charge in [0, 0.05) is 17.6 Å². The topological polar surface area (TPSA) is 109 Å². The SMILES string of the molecule is Cc1ccc(S(=O)(=O)Oc2c(C)c(=O)n(C)c3c2c(=O)n(C2CC2)c(=O)n3-c2ccc(Br)cc2)cc1. The first-order chi connectivity index (χ1) is 17.0. The fourth-order valence-corrected chi connectivity index (χ4v) is 5.46. The highest BCUT2D eigenvalue weighted by Gasteiger charge is 2.33. The zero-order chi connectivity index (χ0) is 25.9. The Morgan fingerprint density at radius 3 is 2.11 bits per heavy atom. The van der Waals surface area contributed by atoms with Crippen molar-refractivity contribution in [1.82, 2.24) is 13.7 Å². The number of rotatable bonds is 5. The highest BCUT2D eigenvalue weighted by Crippen LogP contribution is 2.34. The minimum absolute atomic E-state index is 0.0473. The summed E-state index contributed by atoms with van der Waals surface area (Å²) in [6.07, 6.45) is 1.28. The number of hydrogen-bond donors (Lipinski definition) is 0. The van der Waals surface area contributed by atoms with Crippen molar-refractivity contribution >= 4 is 37.1 Å². The molecule has 2 aromatic heterocycles. The van der Waals surface area contributed by atoms with Crippen LogP contribution in [0.2, 0.25) is 0 Å². The van der Waals surface area contributed by atoms with Crippen LogP contribution >= 0.6 is 15.9 Å². The second-order valence-corrected chi connectivity index (χ2v) is 11.3. The van der Waals surface area contributed by atoms with Gasteiger partial charge in [-0.2, -0.15) is 8.42 Å². The van der Waals surface area contributed by atoms with Crippen LogP contribution in [-0.4, -0.2) is 22.1 Å². The van der Waals surface area contributed by atoms with Crippen molar-refractivity contribution in [3.05, 3.63) is 95.3 Å². The third kappa shape index (κ3) is 3.92. The van der Waals surface area contributed by atoms with Gasteiger partial charge in [-0.1, -0.05) is 33.6 Å². The van der Waals surface area contributed by atoms with E-state index < -0.39 is 26.9 Å². The maximum absolute atomic E-state index is 13.7. The fraction of sp³-hybridized carbons (Fsp3) is 0.240. The van der Waals surface area contributed by atoms with E-state index in [9.17, 15) is 22.8 Å². The lowest BCUT2D eigenvalue weighted by Crippen LogP contribution is -2.41. The molecule has 11 heteroatoms. The Bertz CT molecular complexity index is 1810. The monoisotopic (exact) mass is 571 g/mol. The van der Waals surface area contributed by atoms with E-state index in [-0.39, 0.29) is 33.3 Å². The highest BCUT2D eigenvalue weighted by atomic mass is 79.9. The summed E-state index contributed by atoms with van der Waals surface area (Å²) < 4.78 is 36.2. The molecule has 0 amide bonds. The molecule has 0 spiro atoms. The predicted molar refractivity (Wildman–Crippen MR) is 139 cm³/mol. The van der Waals surface area contributed by atoms with E-state index in [0.717, 1.165) is 14.6 Å². The van der Waals surface area contributed by atoms with E-state index in [2.05, 4.69) is 15.9 Å².